The van der Waals surface area contributed by atoms with Crippen LogP contribution in [0.1, 0.15) is 28.4 Å². The average Bonchev–Trinajstić information content (AvgIpc) is 3.12. The molecule has 1 fully saturated rings. The van der Waals surface area contributed by atoms with E-state index in [1.807, 2.05) is 37.3 Å². The number of nitrogens with zero attached hydrogens (tertiary/aromatic N) is 1. The number of ketones is 1. The number of halogens is 1. The van der Waals surface area contributed by atoms with Crippen LogP contribution in [-0.4, -0.2) is 35.0 Å². The second kappa shape index (κ2) is 11.3. The molecule has 0 bridgehead atoms. The minimum absolute atomic E-state index is 0.235. The van der Waals surface area contributed by atoms with E-state index in [-0.39, 0.29) is 17.2 Å². The van der Waals surface area contributed by atoms with Crippen LogP contribution in [0.3, 0.4) is 0 Å². The minimum atomic E-state index is -0.510. The van der Waals surface area contributed by atoms with Crippen LogP contribution in [0, 0.1) is 0 Å². The molecule has 0 unspecified atom stereocenters. The highest BCUT2D eigenvalue weighted by molar-refractivity contribution is 8.18. The first-order chi connectivity index (χ1) is 16.9. The molecule has 3 aromatic rings. The van der Waals surface area contributed by atoms with E-state index in [1.54, 1.807) is 48.5 Å². The SMILES string of the molecule is CCOc1cc(/C=C2/SC(=O)N(CC(=O)c3ccc(Cl)cc3)C2=O)ccc1OCc1ccccc1. The van der Waals surface area contributed by atoms with Crippen LogP contribution in [0.5, 0.6) is 11.5 Å². The molecule has 0 spiro atoms. The summed E-state index contributed by atoms with van der Waals surface area (Å²) in [6.07, 6.45) is 1.61. The highest BCUT2D eigenvalue weighted by Crippen LogP contribution is 2.35. The third kappa shape index (κ3) is 6.12. The highest BCUT2D eigenvalue weighted by atomic mass is 35.5. The zero-order valence-corrected chi connectivity index (χ0v) is 20.5. The van der Waals surface area contributed by atoms with Gasteiger partial charge in [0.25, 0.3) is 11.1 Å². The Kier molecular flexibility index (Phi) is 7.90. The Hall–Kier alpha value is -3.55. The van der Waals surface area contributed by atoms with Crippen molar-refractivity contribution in [3.05, 3.63) is 99.4 Å². The van der Waals surface area contributed by atoms with E-state index in [9.17, 15) is 14.4 Å². The first-order valence-electron chi connectivity index (χ1n) is 10.9. The van der Waals surface area contributed by atoms with Crippen molar-refractivity contribution in [3.8, 4) is 11.5 Å². The first-order valence-corrected chi connectivity index (χ1v) is 12.1. The van der Waals surface area contributed by atoms with Gasteiger partial charge in [0.2, 0.25) is 0 Å². The molecule has 2 amide bonds. The number of ether oxygens (including phenoxy) is 2. The van der Waals surface area contributed by atoms with Crippen molar-refractivity contribution >= 4 is 46.4 Å². The third-order valence-corrected chi connectivity index (χ3v) is 6.30. The number of Topliss-reactive ketones (excluding diaryl/α,β-unsaturated/α-hetero) is 1. The van der Waals surface area contributed by atoms with Crippen molar-refractivity contribution in [1.82, 2.24) is 4.90 Å². The van der Waals surface area contributed by atoms with Gasteiger partial charge in [-0.2, -0.15) is 0 Å². The van der Waals surface area contributed by atoms with E-state index in [0.717, 1.165) is 22.2 Å². The number of amides is 2. The molecule has 3 aromatic carbocycles. The molecule has 178 valence electrons. The largest absolute Gasteiger partial charge is 0.490 e. The van der Waals surface area contributed by atoms with Crippen molar-refractivity contribution in [2.75, 3.05) is 13.2 Å². The molecule has 0 saturated carbocycles. The van der Waals surface area contributed by atoms with Crippen LogP contribution in [0.2, 0.25) is 5.02 Å². The van der Waals surface area contributed by atoms with Gasteiger partial charge in [0.05, 0.1) is 18.1 Å². The monoisotopic (exact) mass is 507 g/mol. The quantitative estimate of drug-likeness (QED) is 0.252. The summed E-state index contributed by atoms with van der Waals surface area (Å²) in [7, 11) is 0. The van der Waals surface area contributed by atoms with Crippen LogP contribution < -0.4 is 9.47 Å². The molecule has 4 rings (SSSR count). The molecule has 0 aliphatic carbocycles. The highest BCUT2D eigenvalue weighted by Gasteiger charge is 2.36. The Morgan fingerprint density at radius 2 is 1.71 bits per heavy atom. The molecule has 1 aliphatic heterocycles. The van der Waals surface area contributed by atoms with Crippen LogP contribution in [0.4, 0.5) is 4.79 Å². The van der Waals surface area contributed by atoms with Gasteiger partial charge in [-0.3, -0.25) is 19.3 Å². The van der Waals surface area contributed by atoms with Gasteiger partial charge in [-0.25, -0.2) is 0 Å². The van der Waals surface area contributed by atoms with Gasteiger partial charge in [0, 0.05) is 10.6 Å². The van der Waals surface area contributed by atoms with Crippen molar-refractivity contribution in [1.29, 1.82) is 0 Å². The van der Waals surface area contributed by atoms with Crippen molar-refractivity contribution in [2.24, 2.45) is 0 Å². The Bertz CT molecular complexity index is 1270. The lowest BCUT2D eigenvalue weighted by molar-refractivity contribution is -0.122. The molecule has 0 radical (unpaired) electrons. The predicted molar refractivity (Wildman–Crippen MR) is 137 cm³/mol. The fourth-order valence-corrected chi connectivity index (χ4v) is 4.36. The van der Waals surface area contributed by atoms with Gasteiger partial charge >= 0.3 is 0 Å². The van der Waals surface area contributed by atoms with Crippen LogP contribution >= 0.6 is 23.4 Å². The van der Waals surface area contributed by atoms with E-state index >= 15 is 0 Å². The second-order valence-electron chi connectivity index (χ2n) is 7.61. The van der Waals surface area contributed by atoms with E-state index in [1.165, 1.54) is 0 Å². The van der Waals surface area contributed by atoms with E-state index < -0.39 is 11.1 Å². The molecule has 1 aliphatic rings. The minimum Gasteiger partial charge on any atom is -0.490 e. The van der Waals surface area contributed by atoms with Gasteiger partial charge in [-0.1, -0.05) is 48.0 Å². The van der Waals surface area contributed by atoms with Gasteiger partial charge < -0.3 is 9.47 Å². The third-order valence-electron chi connectivity index (χ3n) is 5.14. The van der Waals surface area contributed by atoms with Gasteiger partial charge in [-0.15, -0.1) is 0 Å². The van der Waals surface area contributed by atoms with E-state index in [0.29, 0.717) is 40.9 Å². The molecule has 8 heteroatoms. The fourth-order valence-electron chi connectivity index (χ4n) is 3.40. The Morgan fingerprint density at radius 1 is 0.971 bits per heavy atom. The zero-order valence-electron chi connectivity index (χ0n) is 18.9. The van der Waals surface area contributed by atoms with Crippen molar-refractivity contribution in [2.45, 2.75) is 13.5 Å². The zero-order chi connectivity index (χ0) is 24.8. The normalized spacial score (nSPS) is 14.5. The van der Waals surface area contributed by atoms with Gasteiger partial charge in [0.1, 0.15) is 6.61 Å². The fraction of sp³-hybridized carbons (Fsp3) is 0.148. The number of benzene rings is 3. The van der Waals surface area contributed by atoms with E-state index in [2.05, 4.69) is 0 Å². The van der Waals surface area contributed by atoms with Crippen LogP contribution in [0.15, 0.2) is 77.7 Å². The van der Waals surface area contributed by atoms with Gasteiger partial charge in [-0.05, 0) is 72.3 Å². The van der Waals surface area contributed by atoms with E-state index in [4.69, 9.17) is 21.1 Å². The number of carbonyl (C=O) groups is 3. The number of carbonyl (C=O) groups excluding carboxylic acids is 3. The number of imide groups is 1. The molecule has 1 saturated heterocycles. The topological polar surface area (TPSA) is 72.9 Å². The molecule has 0 N–H and O–H groups in total. The molecular formula is C27H22ClNO5S. The van der Waals surface area contributed by atoms with Gasteiger partial charge in [0.15, 0.2) is 17.3 Å². The second-order valence-corrected chi connectivity index (χ2v) is 9.04. The Balaban J connectivity index is 1.48. The summed E-state index contributed by atoms with van der Waals surface area (Å²) in [5, 5.41) is 0.00923. The van der Waals surface area contributed by atoms with Crippen molar-refractivity contribution < 1.29 is 23.9 Å². The lowest BCUT2D eigenvalue weighted by Crippen LogP contribution is -2.33. The molecule has 6 nitrogen and oxygen atoms in total. The smallest absolute Gasteiger partial charge is 0.293 e. The number of hydrogen-bond acceptors (Lipinski definition) is 6. The predicted octanol–water partition coefficient (Wildman–Crippen LogP) is 6.24. The maximum Gasteiger partial charge on any atom is 0.293 e. The standard InChI is InChI=1S/C27H22ClNO5S/c1-2-33-24-14-19(8-13-23(24)34-17-18-6-4-3-5-7-18)15-25-26(31)29(27(32)35-25)16-22(30)20-9-11-21(28)12-10-20/h3-15H,2,16-17H2,1H3/b25-15+. The average molecular weight is 508 g/mol. The molecule has 0 aromatic heterocycles. The lowest BCUT2D eigenvalue weighted by atomic mass is 10.1. The number of thioether (sulfide) groups is 1. The van der Waals surface area contributed by atoms with Crippen LogP contribution in [-0.2, 0) is 11.4 Å². The summed E-state index contributed by atoms with van der Waals surface area (Å²) in [5.74, 6) is 0.261. The summed E-state index contributed by atoms with van der Waals surface area (Å²) in [5.41, 5.74) is 2.08. The lowest BCUT2D eigenvalue weighted by Gasteiger charge is -2.13. The summed E-state index contributed by atoms with van der Waals surface area (Å²) < 4.78 is 11.7. The molecular weight excluding hydrogens is 486 g/mol. The van der Waals surface area contributed by atoms with Crippen LogP contribution in [0.25, 0.3) is 6.08 Å². The summed E-state index contributed by atoms with van der Waals surface area (Å²) in [4.78, 5) is 39.0. The molecule has 1 heterocycles. The Morgan fingerprint density at radius 3 is 2.43 bits per heavy atom. The summed E-state index contributed by atoms with van der Waals surface area (Å²) in [6.45, 7) is 2.37. The summed E-state index contributed by atoms with van der Waals surface area (Å²) in [6, 6.07) is 21.4. The summed E-state index contributed by atoms with van der Waals surface area (Å²) >= 11 is 6.66. The number of hydrogen-bond donors (Lipinski definition) is 0. The first kappa shape index (κ1) is 24.6. The number of rotatable bonds is 9. The maximum atomic E-state index is 12.9. The Labute approximate surface area is 212 Å². The molecule has 35 heavy (non-hydrogen) atoms. The van der Waals surface area contributed by atoms with Crippen molar-refractivity contribution in [3.63, 3.8) is 0 Å². The maximum absolute atomic E-state index is 12.9. The molecule has 0 atom stereocenters.